The Morgan fingerprint density at radius 2 is 2.38 bits per heavy atom. The molecule has 1 unspecified atom stereocenters. The Morgan fingerprint density at radius 1 is 1.62 bits per heavy atom. The van der Waals surface area contributed by atoms with Crippen LogP contribution in [-0.4, -0.2) is 29.7 Å². The summed E-state index contributed by atoms with van der Waals surface area (Å²) in [7, 11) is 1.56. The van der Waals surface area contributed by atoms with Crippen LogP contribution in [-0.2, 0) is 0 Å². The summed E-state index contributed by atoms with van der Waals surface area (Å²) >= 11 is 0. The van der Waals surface area contributed by atoms with Gasteiger partial charge in [0.05, 0.1) is 19.5 Å². The maximum atomic E-state index is 5.45. The second-order valence-corrected chi connectivity index (χ2v) is 2.73. The van der Waals surface area contributed by atoms with E-state index in [0.29, 0.717) is 18.2 Å². The maximum absolute atomic E-state index is 5.45. The molecule has 0 fully saturated rings. The number of nitrogens with two attached hydrogens (primary N) is 1. The molecule has 13 heavy (non-hydrogen) atoms. The lowest BCUT2D eigenvalue weighted by atomic mass is 10.3. The Bertz CT molecular complexity index is 266. The topological polar surface area (TPSA) is 73.1 Å². The van der Waals surface area contributed by atoms with Gasteiger partial charge in [0.1, 0.15) is 5.82 Å². The van der Waals surface area contributed by atoms with Crippen molar-refractivity contribution in [1.82, 2.24) is 9.97 Å². The fraction of sp³-hybridized carbons (Fsp3) is 0.500. The number of nitrogens with zero attached hydrogens (tertiary/aromatic N) is 2. The number of hydrogen-bond acceptors (Lipinski definition) is 5. The number of rotatable bonds is 4. The molecule has 1 atom stereocenters. The van der Waals surface area contributed by atoms with Gasteiger partial charge in [-0.1, -0.05) is 0 Å². The van der Waals surface area contributed by atoms with Gasteiger partial charge in [0.2, 0.25) is 5.88 Å². The highest BCUT2D eigenvalue weighted by Gasteiger charge is 2.01. The average Bonchev–Trinajstić information content (AvgIpc) is 2.18. The van der Waals surface area contributed by atoms with Crippen molar-refractivity contribution >= 4 is 5.82 Å². The molecule has 0 aromatic carbocycles. The fourth-order valence-corrected chi connectivity index (χ4v) is 0.827. The van der Waals surface area contributed by atoms with Crippen LogP contribution in [0, 0.1) is 0 Å². The Kier molecular flexibility index (Phi) is 3.45. The van der Waals surface area contributed by atoms with Gasteiger partial charge in [-0.25, -0.2) is 0 Å². The standard InChI is InChI=1S/C8H14N4O/c1-6(3-9)11-7-4-10-5-8(12-7)13-2/h4-6H,3,9H2,1-2H3,(H,11,12). The van der Waals surface area contributed by atoms with Crippen molar-refractivity contribution in [3.8, 4) is 5.88 Å². The largest absolute Gasteiger partial charge is 0.480 e. The maximum Gasteiger partial charge on any atom is 0.233 e. The van der Waals surface area contributed by atoms with E-state index >= 15 is 0 Å². The van der Waals surface area contributed by atoms with Gasteiger partial charge < -0.3 is 15.8 Å². The second-order valence-electron chi connectivity index (χ2n) is 2.73. The number of hydrogen-bond donors (Lipinski definition) is 2. The normalized spacial score (nSPS) is 12.2. The summed E-state index contributed by atoms with van der Waals surface area (Å²) in [6, 6.07) is 0.182. The Hall–Kier alpha value is -1.36. The van der Waals surface area contributed by atoms with Crippen LogP contribution in [0.1, 0.15) is 6.92 Å². The highest BCUT2D eigenvalue weighted by Crippen LogP contribution is 2.08. The summed E-state index contributed by atoms with van der Waals surface area (Å²) < 4.78 is 4.93. The van der Waals surface area contributed by atoms with E-state index in [1.54, 1.807) is 19.5 Å². The van der Waals surface area contributed by atoms with Crippen LogP contribution in [0.25, 0.3) is 0 Å². The van der Waals surface area contributed by atoms with Gasteiger partial charge in [-0.05, 0) is 6.92 Å². The number of aromatic nitrogens is 2. The Morgan fingerprint density at radius 3 is 3.00 bits per heavy atom. The van der Waals surface area contributed by atoms with Gasteiger partial charge >= 0.3 is 0 Å². The molecule has 72 valence electrons. The zero-order valence-corrected chi connectivity index (χ0v) is 7.82. The van der Waals surface area contributed by atoms with E-state index in [4.69, 9.17) is 10.5 Å². The van der Waals surface area contributed by atoms with Crippen LogP contribution in [0.4, 0.5) is 5.82 Å². The number of ether oxygens (including phenoxy) is 1. The third-order valence-electron chi connectivity index (χ3n) is 1.57. The van der Waals surface area contributed by atoms with Crippen molar-refractivity contribution in [2.75, 3.05) is 19.0 Å². The molecule has 0 bridgehead atoms. The Labute approximate surface area is 77.3 Å². The second kappa shape index (κ2) is 4.61. The molecule has 1 aromatic rings. The molecular weight excluding hydrogens is 168 g/mol. The van der Waals surface area contributed by atoms with Crippen molar-refractivity contribution in [3.05, 3.63) is 12.4 Å². The first kappa shape index (κ1) is 9.73. The number of nitrogens with one attached hydrogen (secondary N) is 1. The van der Waals surface area contributed by atoms with E-state index in [0.717, 1.165) is 0 Å². The highest BCUT2D eigenvalue weighted by molar-refractivity contribution is 5.34. The summed E-state index contributed by atoms with van der Waals surface area (Å²) in [5, 5.41) is 3.09. The molecule has 0 aliphatic rings. The molecule has 5 heteroatoms. The van der Waals surface area contributed by atoms with Crippen LogP contribution in [0.3, 0.4) is 0 Å². The van der Waals surface area contributed by atoms with Crippen LogP contribution in [0.15, 0.2) is 12.4 Å². The molecule has 1 rings (SSSR count). The zero-order chi connectivity index (χ0) is 9.68. The molecule has 3 N–H and O–H groups in total. The summed E-state index contributed by atoms with van der Waals surface area (Å²) in [5.74, 6) is 1.17. The quantitative estimate of drug-likeness (QED) is 0.698. The van der Waals surface area contributed by atoms with E-state index in [2.05, 4.69) is 15.3 Å². The highest BCUT2D eigenvalue weighted by atomic mass is 16.5. The van der Waals surface area contributed by atoms with Crippen molar-refractivity contribution in [2.24, 2.45) is 5.73 Å². The SMILES string of the molecule is COc1cncc(NC(C)CN)n1. The predicted octanol–water partition coefficient (Wildman–Crippen LogP) is 0.244. The zero-order valence-electron chi connectivity index (χ0n) is 7.82. The van der Waals surface area contributed by atoms with Crippen molar-refractivity contribution in [2.45, 2.75) is 13.0 Å². The molecule has 5 nitrogen and oxygen atoms in total. The number of anilines is 1. The molecule has 1 heterocycles. The molecule has 0 aliphatic heterocycles. The Balaban J connectivity index is 2.66. The molecule has 1 aromatic heterocycles. The van der Waals surface area contributed by atoms with Crippen LogP contribution in [0.5, 0.6) is 5.88 Å². The third kappa shape index (κ3) is 2.87. The summed E-state index contributed by atoms with van der Waals surface area (Å²) in [6.45, 7) is 2.53. The fourth-order valence-electron chi connectivity index (χ4n) is 0.827. The number of methoxy groups -OCH3 is 1. The van der Waals surface area contributed by atoms with Gasteiger partial charge in [-0.15, -0.1) is 0 Å². The van der Waals surface area contributed by atoms with Gasteiger partial charge in [-0.3, -0.25) is 4.98 Å². The van der Waals surface area contributed by atoms with Crippen molar-refractivity contribution < 1.29 is 4.74 Å². The minimum absolute atomic E-state index is 0.182. The van der Waals surface area contributed by atoms with Gasteiger partial charge in [0.25, 0.3) is 0 Å². The van der Waals surface area contributed by atoms with Crippen molar-refractivity contribution in [3.63, 3.8) is 0 Å². The molecule has 0 saturated heterocycles. The molecule has 0 amide bonds. The minimum Gasteiger partial charge on any atom is -0.480 e. The van der Waals surface area contributed by atoms with E-state index in [-0.39, 0.29) is 6.04 Å². The summed E-state index contributed by atoms with van der Waals surface area (Å²) in [4.78, 5) is 8.08. The molecule has 0 radical (unpaired) electrons. The molecule has 0 saturated carbocycles. The lowest BCUT2D eigenvalue weighted by Gasteiger charge is -2.11. The van der Waals surface area contributed by atoms with Crippen LogP contribution < -0.4 is 15.8 Å². The average molecular weight is 182 g/mol. The van der Waals surface area contributed by atoms with E-state index in [1.807, 2.05) is 6.92 Å². The van der Waals surface area contributed by atoms with Crippen LogP contribution in [0.2, 0.25) is 0 Å². The third-order valence-corrected chi connectivity index (χ3v) is 1.57. The smallest absolute Gasteiger partial charge is 0.233 e. The van der Waals surface area contributed by atoms with E-state index in [9.17, 15) is 0 Å². The van der Waals surface area contributed by atoms with Crippen molar-refractivity contribution in [1.29, 1.82) is 0 Å². The minimum atomic E-state index is 0.182. The van der Waals surface area contributed by atoms with Crippen LogP contribution >= 0.6 is 0 Å². The van der Waals surface area contributed by atoms with Gasteiger partial charge in [-0.2, -0.15) is 4.98 Å². The van der Waals surface area contributed by atoms with Gasteiger partial charge in [0, 0.05) is 12.6 Å². The lowest BCUT2D eigenvalue weighted by molar-refractivity contribution is 0.396. The van der Waals surface area contributed by atoms with E-state index in [1.165, 1.54) is 0 Å². The molecular formula is C8H14N4O. The monoisotopic (exact) mass is 182 g/mol. The summed E-state index contributed by atoms with van der Waals surface area (Å²) in [5.41, 5.74) is 5.45. The first-order valence-electron chi connectivity index (χ1n) is 4.09. The predicted molar refractivity (Wildman–Crippen MR) is 50.7 cm³/mol. The first-order chi connectivity index (χ1) is 6.26. The molecule has 0 aliphatic carbocycles. The molecule has 0 spiro atoms. The van der Waals surface area contributed by atoms with Gasteiger partial charge in [0.15, 0.2) is 0 Å². The van der Waals surface area contributed by atoms with E-state index < -0.39 is 0 Å². The first-order valence-corrected chi connectivity index (χ1v) is 4.09. The lowest BCUT2D eigenvalue weighted by Crippen LogP contribution is -2.25. The summed E-state index contributed by atoms with van der Waals surface area (Å²) in [6.07, 6.45) is 3.19.